The van der Waals surface area contributed by atoms with Gasteiger partial charge in [-0.1, -0.05) is 19.3 Å². The summed E-state index contributed by atoms with van der Waals surface area (Å²) in [5.74, 6) is 1.51. The van der Waals surface area contributed by atoms with Crippen LogP contribution >= 0.6 is 12.4 Å². The zero-order valence-electron chi connectivity index (χ0n) is 12.5. The number of carbonyl (C=O) groups excluding carboxylic acids is 1. The van der Waals surface area contributed by atoms with Crippen LogP contribution in [0.15, 0.2) is 0 Å². The predicted molar refractivity (Wildman–Crippen MR) is 84.2 cm³/mol. The van der Waals surface area contributed by atoms with E-state index >= 15 is 0 Å². The van der Waals surface area contributed by atoms with Crippen molar-refractivity contribution in [2.24, 2.45) is 11.8 Å². The Kier molecular flexibility index (Phi) is 6.16. The predicted octanol–water partition coefficient (Wildman–Crippen LogP) is 2.98. The van der Waals surface area contributed by atoms with Gasteiger partial charge in [-0.15, -0.1) is 12.4 Å². The maximum Gasteiger partial charge on any atom is 0.227 e. The van der Waals surface area contributed by atoms with E-state index in [9.17, 15) is 4.79 Å². The maximum absolute atomic E-state index is 12.7. The van der Waals surface area contributed by atoms with Crippen LogP contribution in [0.5, 0.6) is 0 Å². The molecule has 1 saturated heterocycles. The molecule has 116 valence electrons. The normalized spacial score (nSPS) is 27.7. The van der Waals surface area contributed by atoms with E-state index in [0.717, 1.165) is 32.0 Å². The Hall–Kier alpha value is -0.280. The number of rotatable bonds is 4. The van der Waals surface area contributed by atoms with Crippen molar-refractivity contribution in [1.29, 1.82) is 0 Å². The van der Waals surface area contributed by atoms with Crippen LogP contribution in [0.3, 0.4) is 0 Å². The summed E-state index contributed by atoms with van der Waals surface area (Å²) in [6.07, 6.45) is 11.6. The number of halogens is 1. The van der Waals surface area contributed by atoms with E-state index in [-0.39, 0.29) is 18.3 Å². The van der Waals surface area contributed by atoms with Crippen LogP contribution in [0.4, 0.5) is 0 Å². The molecule has 1 atom stereocenters. The van der Waals surface area contributed by atoms with Crippen LogP contribution in [-0.4, -0.2) is 36.5 Å². The SMILES string of the molecule is Cl.O=C([C@@H]1CCCNC1)N(CC1CCCCC1)C1CC1. The third-order valence-electron chi connectivity index (χ3n) is 5.10. The topological polar surface area (TPSA) is 32.3 Å². The summed E-state index contributed by atoms with van der Waals surface area (Å²) in [7, 11) is 0. The van der Waals surface area contributed by atoms with Crippen molar-refractivity contribution in [3.63, 3.8) is 0 Å². The average Bonchev–Trinajstić information content (AvgIpc) is 3.31. The Bertz CT molecular complexity index is 308. The van der Waals surface area contributed by atoms with Crippen molar-refractivity contribution >= 4 is 18.3 Å². The molecule has 2 saturated carbocycles. The van der Waals surface area contributed by atoms with E-state index in [1.165, 1.54) is 51.4 Å². The molecule has 0 unspecified atom stereocenters. The molecule has 0 bridgehead atoms. The maximum atomic E-state index is 12.7. The zero-order valence-corrected chi connectivity index (χ0v) is 13.3. The van der Waals surface area contributed by atoms with Gasteiger partial charge in [-0.05, 0) is 51.0 Å². The van der Waals surface area contributed by atoms with Crippen molar-refractivity contribution < 1.29 is 4.79 Å². The highest BCUT2D eigenvalue weighted by Crippen LogP contribution is 2.33. The largest absolute Gasteiger partial charge is 0.339 e. The molecule has 0 spiro atoms. The van der Waals surface area contributed by atoms with Crippen molar-refractivity contribution in [3.05, 3.63) is 0 Å². The van der Waals surface area contributed by atoms with Gasteiger partial charge in [0.15, 0.2) is 0 Å². The van der Waals surface area contributed by atoms with Crippen LogP contribution in [-0.2, 0) is 4.79 Å². The van der Waals surface area contributed by atoms with Crippen molar-refractivity contribution in [2.75, 3.05) is 19.6 Å². The summed E-state index contributed by atoms with van der Waals surface area (Å²) < 4.78 is 0. The molecular formula is C16H29ClN2O. The molecule has 4 heteroatoms. The summed E-state index contributed by atoms with van der Waals surface area (Å²) in [5, 5.41) is 3.39. The minimum atomic E-state index is 0. The van der Waals surface area contributed by atoms with Crippen LogP contribution in [0.25, 0.3) is 0 Å². The molecule has 3 fully saturated rings. The first-order chi connectivity index (χ1) is 9.34. The fourth-order valence-corrected chi connectivity index (χ4v) is 3.75. The number of nitrogens with zero attached hydrogens (tertiary/aromatic N) is 1. The van der Waals surface area contributed by atoms with E-state index < -0.39 is 0 Å². The zero-order chi connectivity index (χ0) is 13.1. The standard InChI is InChI=1S/C16H28N2O.ClH/c19-16(14-7-4-10-17-11-14)18(15-8-9-15)12-13-5-2-1-3-6-13;/h13-15,17H,1-12H2;1H/t14-;/m1./s1. The second-order valence-corrected chi connectivity index (χ2v) is 6.77. The summed E-state index contributed by atoms with van der Waals surface area (Å²) in [6.45, 7) is 3.06. The molecule has 1 aliphatic heterocycles. The lowest BCUT2D eigenvalue weighted by atomic mass is 9.88. The van der Waals surface area contributed by atoms with Crippen molar-refractivity contribution in [3.8, 4) is 0 Å². The van der Waals surface area contributed by atoms with Gasteiger partial charge in [0.2, 0.25) is 5.91 Å². The van der Waals surface area contributed by atoms with Crippen LogP contribution < -0.4 is 5.32 Å². The van der Waals surface area contributed by atoms with Gasteiger partial charge in [-0.2, -0.15) is 0 Å². The molecule has 1 amide bonds. The van der Waals surface area contributed by atoms with Gasteiger partial charge >= 0.3 is 0 Å². The lowest BCUT2D eigenvalue weighted by Crippen LogP contribution is -2.45. The van der Waals surface area contributed by atoms with Gasteiger partial charge in [0.05, 0.1) is 5.92 Å². The second kappa shape index (κ2) is 7.65. The number of nitrogens with one attached hydrogen (secondary N) is 1. The number of piperidine rings is 1. The third kappa shape index (κ3) is 4.11. The molecule has 0 aromatic carbocycles. The number of carbonyl (C=O) groups is 1. The molecule has 0 radical (unpaired) electrons. The summed E-state index contributed by atoms with van der Waals surface area (Å²) in [6, 6.07) is 0.594. The Labute approximate surface area is 129 Å². The fraction of sp³-hybridized carbons (Fsp3) is 0.938. The molecule has 0 aromatic rings. The number of hydrogen-bond donors (Lipinski definition) is 1. The molecular weight excluding hydrogens is 272 g/mol. The van der Waals surface area contributed by atoms with E-state index in [0.29, 0.717) is 11.9 Å². The quantitative estimate of drug-likeness (QED) is 0.866. The summed E-state index contributed by atoms with van der Waals surface area (Å²) in [5.41, 5.74) is 0. The lowest BCUT2D eigenvalue weighted by molar-refractivity contribution is -0.137. The smallest absolute Gasteiger partial charge is 0.227 e. The van der Waals surface area contributed by atoms with E-state index in [1.807, 2.05) is 0 Å². The van der Waals surface area contributed by atoms with Gasteiger partial charge < -0.3 is 10.2 Å². The van der Waals surface area contributed by atoms with E-state index in [1.54, 1.807) is 0 Å². The van der Waals surface area contributed by atoms with Gasteiger partial charge in [-0.3, -0.25) is 4.79 Å². The Morgan fingerprint density at radius 1 is 1.00 bits per heavy atom. The minimum absolute atomic E-state index is 0. The highest BCUT2D eigenvalue weighted by Gasteiger charge is 2.37. The molecule has 3 rings (SSSR count). The molecule has 3 aliphatic rings. The minimum Gasteiger partial charge on any atom is -0.339 e. The first kappa shape index (κ1) is 16.1. The Morgan fingerprint density at radius 2 is 1.75 bits per heavy atom. The molecule has 1 heterocycles. The second-order valence-electron chi connectivity index (χ2n) is 6.77. The monoisotopic (exact) mass is 300 g/mol. The van der Waals surface area contributed by atoms with Crippen molar-refractivity contribution in [2.45, 2.75) is 63.8 Å². The molecule has 20 heavy (non-hydrogen) atoms. The van der Waals surface area contributed by atoms with Gasteiger partial charge in [0.1, 0.15) is 0 Å². The number of hydrogen-bond acceptors (Lipinski definition) is 2. The summed E-state index contributed by atoms with van der Waals surface area (Å²) >= 11 is 0. The third-order valence-corrected chi connectivity index (χ3v) is 5.10. The fourth-order valence-electron chi connectivity index (χ4n) is 3.75. The molecule has 3 nitrogen and oxygen atoms in total. The Balaban J connectivity index is 0.00000147. The van der Waals surface area contributed by atoms with Crippen LogP contribution in [0.1, 0.15) is 57.8 Å². The Morgan fingerprint density at radius 3 is 2.35 bits per heavy atom. The lowest BCUT2D eigenvalue weighted by Gasteiger charge is -2.33. The van der Waals surface area contributed by atoms with E-state index in [4.69, 9.17) is 0 Å². The molecule has 1 N–H and O–H groups in total. The molecule has 2 aliphatic carbocycles. The van der Waals surface area contributed by atoms with E-state index in [2.05, 4.69) is 10.2 Å². The van der Waals surface area contributed by atoms with Crippen LogP contribution in [0.2, 0.25) is 0 Å². The average molecular weight is 301 g/mol. The van der Waals surface area contributed by atoms with Crippen molar-refractivity contribution in [1.82, 2.24) is 10.2 Å². The first-order valence-corrected chi connectivity index (χ1v) is 8.36. The highest BCUT2D eigenvalue weighted by molar-refractivity contribution is 5.85. The molecule has 0 aromatic heterocycles. The highest BCUT2D eigenvalue weighted by atomic mass is 35.5. The first-order valence-electron chi connectivity index (χ1n) is 8.36. The van der Waals surface area contributed by atoms with Gasteiger partial charge in [0.25, 0.3) is 0 Å². The van der Waals surface area contributed by atoms with Gasteiger partial charge in [0, 0.05) is 19.1 Å². The van der Waals surface area contributed by atoms with Crippen LogP contribution in [0, 0.1) is 11.8 Å². The van der Waals surface area contributed by atoms with Gasteiger partial charge in [-0.25, -0.2) is 0 Å². The summed E-state index contributed by atoms with van der Waals surface area (Å²) in [4.78, 5) is 15.0. The number of amides is 1.